The number of hydrogen-bond acceptors (Lipinski definition) is 3. The number of rotatable bonds is 3. The molecule has 0 aromatic heterocycles. The summed E-state index contributed by atoms with van der Waals surface area (Å²) < 4.78 is 10.8. The smallest absolute Gasteiger partial charge is 0.231 e. The third kappa shape index (κ3) is 2.28. The zero-order valence-corrected chi connectivity index (χ0v) is 14.3. The SMILES string of the molecule is N=C(N)N(Cc1ccc2c(c1)OCO2)c1ccc2c3c(cccc13)CC2. The van der Waals surface area contributed by atoms with Gasteiger partial charge in [-0.25, -0.2) is 0 Å². The largest absolute Gasteiger partial charge is 0.454 e. The van der Waals surface area contributed by atoms with E-state index in [4.69, 9.17) is 20.6 Å². The predicted octanol–water partition coefficient (Wildman–Crippen LogP) is 3.57. The van der Waals surface area contributed by atoms with Crippen LogP contribution in [0, 0.1) is 5.41 Å². The molecule has 0 amide bonds. The van der Waals surface area contributed by atoms with Gasteiger partial charge in [-0.05, 0) is 53.1 Å². The Labute approximate surface area is 151 Å². The third-order valence-corrected chi connectivity index (χ3v) is 5.21. The van der Waals surface area contributed by atoms with E-state index in [1.54, 1.807) is 0 Å². The number of nitrogens with zero attached hydrogens (tertiary/aromatic N) is 1. The number of nitrogens with one attached hydrogen (secondary N) is 1. The normalized spacial score (nSPS) is 14.0. The molecule has 3 aromatic rings. The molecule has 1 heterocycles. The number of nitrogens with two attached hydrogens (primary N) is 1. The highest BCUT2D eigenvalue weighted by molar-refractivity contribution is 6.06. The Balaban J connectivity index is 1.58. The van der Waals surface area contributed by atoms with Gasteiger partial charge in [-0.15, -0.1) is 0 Å². The van der Waals surface area contributed by atoms with Crippen molar-refractivity contribution in [2.24, 2.45) is 5.73 Å². The molecule has 0 fully saturated rings. The van der Waals surface area contributed by atoms with Gasteiger partial charge in [0.05, 0.1) is 12.2 Å². The zero-order valence-electron chi connectivity index (χ0n) is 14.3. The number of guanidine groups is 1. The van der Waals surface area contributed by atoms with Crippen molar-refractivity contribution in [1.29, 1.82) is 5.41 Å². The van der Waals surface area contributed by atoms with Gasteiger partial charge in [0.2, 0.25) is 6.79 Å². The zero-order chi connectivity index (χ0) is 17.7. The van der Waals surface area contributed by atoms with Crippen molar-refractivity contribution in [1.82, 2.24) is 0 Å². The fourth-order valence-electron chi connectivity index (χ4n) is 3.99. The number of benzene rings is 3. The van der Waals surface area contributed by atoms with Gasteiger partial charge in [0.1, 0.15) is 0 Å². The summed E-state index contributed by atoms with van der Waals surface area (Å²) in [6, 6.07) is 16.5. The van der Waals surface area contributed by atoms with E-state index >= 15 is 0 Å². The standard InChI is InChI=1S/C21H19N3O2/c22-21(23)24(11-13-4-9-18-19(10-13)26-12-25-18)17-8-7-15-6-5-14-2-1-3-16(17)20(14)15/h1-4,7-10H,5-6,11-12H2,(H3,22,23). The molecule has 3 N–H and O–H groups in total. The summed E-state index contributed by atoms with van der Waals surface area (Å²) in [6.07, 6.45) is 2.16. The van der Waals surface area contributed by atoms with Crippen molar-refractivity contribution in [2.75, 3.05) is 11.7 Å². The minimum absolute atomic E-state index is 0.0290. The Morgan fingerprint density at radius 1 is 1.00 bits per heavy atom. The Hall–Kier alpha value is -3.21. The summed E-state index contributed by atoms with van der Waals surface area (Å²) in [5.74, 6) is 1.53. The van der Waals surface area contributed by atoms with Gasteiger partial charge < -0.3 is 20.1 Å². The molecular weight excluding hydrogens is 326 g/mol. The van der Waals surface area contributed by atoms with Crippen LogP contribution in [0.3, 0.4) is 0 Å². The van der Waals surface area contributed by atoms with Crippen LogP contribution in [0.1, 0.15) is 16.7 Å². The number of fused-ring (bicyclic) bond motifs is 1. The van der Waals surface area contributed by atoms with Gasteiger partial charge in [0.25, 0.3) is 0 Å². The van der Waals surface area contributed by atoms with Crippen LogP contribution < -0.4 is 20.1 Å². The van der Waals surface area contributed by atoms with Crippen molar-refractivity contribution in [2.45, 2.75) is 19.4 Å². The summed E-state index contributed by atoms with van der Waals surface area (Å²) in [7, 11) is 0. The molecule has 0 atom stereocenters. The van der Waals surface area contributed by atoms with E-state index in [-0.39, 0.29) is 12.8 Å². The molecule has 0 saturated carbocycles. The molecule has 0 unspecified atom stereocenters. The van der Waals surface area contributed by atoms with Crippen molar-refractivity contribution in [3.05, 3.63) is 65.2 Å². The number of hydrogen-bond donors (Lipinski definition) is 2. The monoisotopic (exact) mass is 345 g/mol. The molecule has 130 valence electrons. The first-order valence-electron chi connectivity index (χ1n) is 8.74. The van der Waals surface area contributed by atoms with Gasteiger partial charge in [-0.3, -0.25) is 5.41 Å². The molecule has 26 heavy (non-hydrogen) atoms. The second kappa shape index (κ2) is 5.66. The van der Waals surface area contributed by atoms with E-state index < -0.39 is 0 Å². The summed E-state index contributed by atoms with van der Waals surface area (Å²) in [6.45, 7) is 0.759. The summed E-state index contributed by atoms with van der Waals surface area (Å²) in [4.78, 5) is 1.85. The van der Waals surface area contributed by atoms with Crippen LogP contribution in [0.5, 0.6) is 11.5 Å². The van der Waals surface area contributed by atoms with Crippen molar-refractivity contribution < 1.29 is 9.47 Å². The van der Waals surface area contributed by atoms with Gasteiger partial charge in [-0.1, -0.05) is 30.3 Å². The average Bonchev–Trinajstić information content (AvgIpc) is 3.28. The maximum Gasteiger partial charge on any atom is 0.231 e. The first kappa shape index (κ1) is 15.1. The molecule has 0 spiro atoms. The van der Waals surface area contributed by atoms with Gasteiger partial charge >= 0.3 is 0 Å². The molecule has 1 aliphatic carbocycles. The van der Waals surface area contributed by atoms with Crippen molar-refractivity contribution >= 4 is 22.4 Å². The lowest BCUT2D eigenvalue weighted by molar-refractivity contribution is 0.174. The quantitative estimate of drug-likeness (QED) is 0.562. The second-order valence-corrected chi connectivity index (χ2v) is 6.74. The first-order chi connectivity index (χ1) is 12.7. The van der Waals surface area contributed by atoms with Crippen molar-refractivity contribution in [3.8, 4) is 11.5 Å². The van der Waals surface area contributed by atoms with E-state index in [1.807, 2.05) is 23.1 Å². The average molecular weight is 345 g/mol. The lowest BCUT2D eigenvalue weighted by atomic mass is 10.0. The van der Waals surface area contributed by atoms with Crippen LogP contribution >= 0.6 is 0 Å². The molecule has 0 saturated heterocycles. The molecule has 0 radical (unpaired) electrons. The predicted molar refractivity (Wildman–Crippen MR) is 102 cm³/mol. The minimum atomic E-state index is 0.0290. The molecule has 5 rings (SSSR count). The topological polar surface area (TPSA) is 71.6 Å². The fraction of sp³-hybridized carbons (Fsp3) is 0.190. The van der Waals surface area contributed by atoms with Gasteiger partial charge in [-0.2, -0.15) is 0 Å². The Morgan fingerprint density at radius 2 is 1.81 bits per heavy atom. The molecule has 2 aliphatic rings. The maximum absolute atomic E-state index is 8.14. The highest BCUT2D eigenvalue weighted by Gasteiger charge is 2.21. The molecule has 0 bridgehead atoms. The summed E-state index contributed by atoms with van der Waals surface area (Å²) in [5, 5.41) is 10.6. The van der Waals surface area contributed by atoms with Crippen LogP contribution in [0.4, 0.5) is 5.69 Å². The third-order valence-electron chi connectivity index (χ3n) is 5.21. The lowest BCUT2D eigenvalue weighted by Gasteiger charge is -2.25. The van der Waals surface area contributed by atoms with E-state index in [0.717, 1.165) is 41.0 Å². The van der Waals surface area contributed by atoms with Crippen LogP contribution in [0.15, 0.2) is 48.5 Å². The van der Waals surface area contributed by atoms with Crippen LogP contribution in [-0.2, 0) is 19.4 Å². The molecule has 5 heteroatoms. The number of anilines is 1. The number of aryl methyl sites for hydroxylation is 2. The summed E-state index contributed by atoms with van der Waals surface area (Å²) >= 11 is 0. The number of ether oxygens (including phenoxy) is 2. The Bertz CT molecular complexity index is 1030. The van der Waals surface area contributed by atoms with E-state index in [2.05, 4.69) is 30.3 Å². The lowest BCUT2D eigenvalue weighted by Crippen LogP contribution is -2.36. The van der Waals surface area contributed by atoms with Crippen LogP contribution in [0.2, 0.25) is 0 Å². The highest BCUT2D eigenvalue weighted by atomic mass is 16.7. The summed E-state index contributed by atoms with van der Waals surface area (Å²) in [5.41, 5.74) is 10.7. The minimum Gasteiger partial charge on any atom is -0.454 e. The molecular formula is C21H19N3O2. The maximum atomic E-state index is 8.14. The van der Waals surface area contributed by atoms with Crippen LogP contribution in [0.25, 0.3) is 10.8 Å². The molecule has 1 aliphatic heterocycles. The van der Waals surface area contributed by atoms with Crippen molar-refractivity contribution in [3.63, 3.8) is 0 Å². The van der Waals surface area contributed by atoms with E-state index in [9.17, 15) is 0 Å². The van der Waals surface area contributed by atoms with Crippen LogP contribution in [-0.4, -0.2) is 12.8 Å². The fourth-order valence-corrected chi connectivity index (χ4v) is 3.99. The van der Waals surface area contributed by atoms with Gasteiger partial charge in [0.15, 0.2) is 17.5 Å². The molecule has 3 aromatic carbocycles. The van der Waals surface area contributed by atoms with E-state index in [0.29, 0.717) is 6.54 Å². The Morgan fingerprint density at radius 3 is 2.65 bits per heavy atom. The van der Waals surface area contributed by atoms with Gasteiger partial charge in [0, 0.05) is 5.39 Å². The van der Waals surface area contributed by atoms with E-state index in [1.165, 1.54) is 16.5 Å². The highest BCUT2D eigenvalue weighted by Crippen LogP contribution is 2.38. The molecule has 5 nitrogen and oxygen atoms in total. The first-order valence-corrected chi connectivity index (χ1v) is 8.74. The second-order valence-electron chi connectivity index (χ2n) is 6.74. The Kier molecular flexibility index (Phi) is 3.28.